The number of carbonyl (C=O) groups is 1. The molecule has 1 fully saturated rings. The molecule has 8 heteroatoms. The third-order valence-corrected chi connectivity index (χ3v) is 6.56. The number of nitrogens with one attached hydrogen (secondary N) is 1. The van der Waals surface area contributed by atoms with E-state index in [1.54, 1.807) is 18.2 Å². The number of ether oxygens (including phenoxy) is 2. The quantitative estimate of drug-likeness (QED) is 0.800. The highest BCUT2D eigenvalue weighted by Gasteiger charge is 2.30. The fourth-order valence-electron chi connectivity index (χ4n) is 3.08. The van der Waals surface area contributed by atoms with E-state index in [1.165, 1.54) is 17.5 Å². The summed E-state index contributed by atoms with van der Waals surface area (Å²) in [5, 5.41) is 2.82. The van der Waals surface area contributed by atoms with Crippen molar-refractivity contribution < 1.29 is 22.7 Å². The van der Waals surface area contributed by atoms with Gasteiger partial charge in [0.25, 0.3) is 0 Å². The van der Waals surface area contributed by atoms with E-state index in [0.29, 0.717) is 31.7 Å². The second-order valence-corrected chi connectivity index (χ2v) is 8.50. The van der Waals surface area contributed by atoms with Gasteiger partial charge in [0.15, 0.2) is 0 Å². The summed E-state index contributed by atoms with van der Waals surface area (Å²) in [6.45, 7) is 0.877. The van der Waals surface area contributed by atoms with Gasteiger partial charge in [-0.2, -0.15) is 4.31 Å². The first-order valence-corrected chi connectivity index (χ1v) is 10.5. The van der Waals surface area contributed by atoms with E-state index in [2.05, 4.69) is 5.32 Å². The summed E-state index contributed by atoms with van der Waals surface area (Å²) in [4.78, 5) is 12.2. The SMILES string of the molecule is COc1cccc(S(=O)(=O)N2CCC(NC(=O)OCc3ccccc3)CC2)c1. The van der Waals surface area contributed by atoms with Crippen molar-refractivity contribution in [3.63, 3.8) is 0 Å². The Balaban J connectivity index is 1.50. The van der Waals surface area contributed by atoms with E-state index in [1.807, 2.05) is 30.3 Å². The molecule has 0 aliphatic carbocycles. The van der Waals surface area contributed by atoms with Crippen molar-refractivity contribution in [2.24, 2.45) is 0 Å². The molecule has 0 aromatic heterocycles. The maximum Gasteiger partial charge on any atom is 0.407 e. The van der Waals surface area contributed by atoms with Crippen LogP contribution >= 0.6 is 0 Å². The lowest BCUT2D eigenvalue weighted by Crippen LogP contribution is -2.46. The normalized spacial score (nSPS) is 15.8. The average Bonchev–Trinajstić information content (AvgIpc) is 2.73. The maximum atomic E-state index is 12.8. The lowest BCUT2D eigenvalue weighted by molar-refractivity contribution is 0.131. The molecule has 1 saturated heterocycles. The minimum Gasteiger partial charge on any atom is -0.497 e. The molecular formula is C20H24N2O5S. The van der Waals surface area contributed by atoms with E-state index < -0.39 is 16.1 Å². The zero-order valence-electron chi connectivity index (χ0n) is 15.7. The second-order valence-electron chi connectivity index (χ2n) is 6.56. The molecule has 28 heavy (non-hydrogen) atoms. The monoisotopic (exact) mass is 404 g/mol. The van der Waals surface area contributed by atoms with Crippen molar-refractivity contribution in [2.45, 2.75) is 30.4 Å². The molecule has 0 unspecified atom stereocenters. The summed E-state index contributed by atoms with van der Waals surface area (Å²) in [6, 6.07) is 15.8. The fraction of sp³-hybridized carbons (Fsp3) is 0.350. The summed E-state index contributed by atoms with van der Waals surface area (Å²) >= 11 is 0. The molecule has 0 radical (unpaired) electrons. The van der Waals surface area contributed by atoms with Gasteiger partial charge >= 0.3 is 6.09 Å². The largest absolute Gasteiger partial charge is 0.497 e. The predicted octanol–water partition coefficient (Wildman–Crippen LogP) is 2.77. The topological polar surface area (TPSA) is 84.9 Å². The molecule has 1 aliphatic rings. The van der Waals surface area contributed by atoms with E-state index in [9.17, 15) is 13.2 Å². The average molecular weight is 404 g/mol. The molecule has 1 heterocycles. The van der Waals surface area contributed by atoms with Crippen LogP contribution in [0, 0.1) is 0 Å². The Morgan fingerprint density at radius 2 is 1.82 bits per heavy atom. The standard InChI is InChI=1S/C20H24N2O5S/c1-26-18-8-5-9-19(14-18)28(24,25)22-12-10-17(11-13-22)21-20(23)27-15-16-6-3-2-4-7-16/h2-9,14,17H,10-13,15H2,1H3,(H,21,23). The Morgan fingerprint density at radius 1 is 1.11 bits per heavy atom. The minimum absolute atomic E-state index is 0.111. The number of methoxy groups -OCH3 is 1. The zero-order valence-corrected chi connectivity index (χ0v) is 16.5. The first kappa shape index (κ1) is 20.2. The number of amides is 1. The summed E-state index contributed by atoms with van der Waals surface area (Å²) in [5.74, 6) is 0.499. The maximum absolute atomic E-state index is 12.8. The molecule has 3 rings (SSSR count). The summed E-state index contributed by atoms with van der Waals surface area (Å²) in [7, 11) is -2.08. The van der Waals surface area contributed by atoms with Crippen LogP contribution in [0.1, 0.15) is 18.4 Å². The van der Waals surface area contributed by atoms with Crippen LogP contribution in [0.4, 0.5) is 4.79 Å². The van der Waals surface area contributed by atoms with Gasteiger partial charge in [0.1, 0.15) is 12.4 Å². The smallest absolute Gasteiger partial charge is 0.407 e. The zero-order chi connectivity index (χ0) is 20.0. The van der Waals surface area contributed by atoms with Gasteiger partial charge in [0, 0.05) is 25.2 Å². The van der Waals surface area contributed by atoms with Crippen molar-refractivity contribution in [3.05, 3.63) is 60.2 Å². The lowest BCUT2D eigenvalue weighted by atomic mass is 10.1. The molecule has 7 nitrogen and oxygen atoms in total. The number of piperidine rings is 1. The van der Waals surface area contributed by atoms with Crippen molar-refractivity contribution in [2.75, 3.05) is 20.2 Å². The number of hydrogen-bond donors (Lipinski definition) is 1. The van der Waals surface area contributed by atoms with Crippen LogP contribution in [-0.2, 0) is 21.4 Å². The van der Waals surface area contributed by atoms with Crippen LogP contribution in [0.5, 0.6) is 5.75 Å². The van der Waals surface area contributed by atoms with Crippen molar-refractivity contribution in [3.8, 4) is 5.75 Å². The van der Waals surface area contributed by atoms with Crippen LogP contribution in [0.3, 0.4) is 0 Å². The van der Waals surface area contributed by atoms with Gasteiger partial charge in [-0.15, -0.1) is 0 Å². The third kappa shape index (κ3) is 5.02. The molecule has 2 aromatic rings. The van der Waals surface area contributed by atoms with Crippen LogP contribution in [0.25, 0.3) is 0 Å². The molecule has 2 aromatic carbocycles. The van der Waals surface area contributed by atoms with E-state index in [0.717, 1.165) is 5.56 Å². The molecule has 1 aliphatic heterocycles. The molecule has 0 spiro atoms. The van der Waals surface area contributed by atoms with E-state index >= 15 is 0 Å². The highest BCUT2D eigenvalue weighted by Crippen LogP contribution is 2.23. The van der Waals surface area contributed by atoms with Gasteiger partial charge in [0.2, 0.25) is 10.0 Å². The van der Waals surface area contributed by atoms with Crippen molar-refractivity contribution in [1.29, 1.82) is 0 Å². The highest BCUT2D eigenvalue weighted by molar-refractivity contribution is 7.89. The van der Waals surface area contributed by atoms with Crippen molar-refractivity contribution in [1.82, 2.24) is 9.62 Å². The first-order chi connectivity index (χ1) is 13.5. The summed E-state index contributed by atoms with van der Waals surface area (Å²) in [6.07, 6.45) is 0.575. The number of hydrogen-bond acceptors (Lipinski definition) is 5. The Bertz CT molecular complexity index is 894. The molecule has 0 saturated carbocycles. The molecular weight excluding hydrogens is 380 g/mol. The lowest BCUT2D eigenvalue weighted by Gasteiger charge is -2.31. The van der Waals surface area contributed by atoms with Crippen LogP contribution in [0.15, 0.2) is 59.5 Å². The summed E-state index contributed by atoms with van der Waals surface area (Å²) < 4.78 is 37.4. The second kappa shape index (κ2) is 9.07. The number of carbonyl (C=O) groups excluding carboxylic acids is 1. The van der Waals surface area contributed by atoms with Crippen LogP contribution in [0.2, 0.25) is 0 Å². The third-order valence-electron chi connectivity index (χ3n) is 4.67. The van der Waals surface area contributed by atoms with Gasteiger partial charge in [-0.3, -0.25) is 0 Å². The first-order valence-electron chi connectivity index (χ1n) is 9.10. The van der Waals surface area contributed by atoms with Crippen LogP contribution in [-0.4, -0.2) is 45.1 Å². The van der Waals surface area contributed by atoms with Gasteiger partial charge in [0.05, 0.1) is 12.0 Å². The molecule has 1 amide bonds. The Kier molecular flexibility index (Phi) is 6.53. The summed E-state index contributed by atoms with van der Waals surface area (Å²) in [5.41, 5.74) is 0.914. The fourth-order valence-corrected chi connectivity index (χ4v) is 4.59. The number of benzene rings is 2. The molecule has 0 bridgehead atoms. The van der Waals surface area contributed by atoms with E-state index in [-0.39, 0.29) is 17.5 Å². The highest BCUT2D eigenvalue weighted by atomic mass is 32.2. The van der Waals surface area contributed by atoms with Gasteiger partial charge in [-0.05, 0) is 30.5 Å². The Morgan fingerprint density at radius 3 is 2.50 bits per heavy atom. The molecule has 150 valence electrons. The molecule has 1 N–H and O–H groups in total. The van der Waals surface area contributed by atoms with Gasteiger partial charge in [-0.25, -0.2) is 13.2 Å². The minimum atomic E-state index is -3.58. The van der Waals surface area contributed by atoms with Crippen LogP contribution < -0.4 is 10.1 Å². The number of rotatable bonds is 6. The number of alkyl carbamates (subject to hydrolysis) is 1. The number of sulfonamides is 1. The molecule has 0 atom stereocenters. The number of nitrogens with zero attached hydrogens (tertiary/aromatic N) is 1. The van der Waals surface area contributed by atoms with Crippen molar-refractivity contribution >= 4 is 16.1 Å². The predicted molar refractivity (Wildman–Crippen MR) is 105 cm³/mol. The van der Waals surface area contributed by atoms with E-state index in [4.69, 9.17) is 9.47 Å². The Hall–Kier alpha value is -2.58. The Labute approximate surface area is 165 Å². The van der Waals surface area contributed by atoms with Gasteiger partial charge < -0.3 is 14.8 Å². The van der Waals surface area contributed by atoms with Gasteiger partial charge in [-0.1, -0.05) is 36.4 Å².